The number of hydrogen-bond donors (Lipinski definition) is 1. The van der Waals surface area contributed by atoms with Gasteiger partial charge in [0, 0.05) is 28.6 Å². The van der Waals surface area contributed by atoms with Gasteiger partial charge in [0.1, 0.15) is 6.54 Å². The molecule has 3 rings (SSSR count). The van der Waals surface area contributed by atoms with E-state index in [4.69, 9.17) is 0 Å². The van der Waals surface area contributed by atoms with Crippen LogP contribution in [-0.2, 0) is 4.79 Å². The van der Waals surface area contributed by atoms with E-state index >= 15 is 0 Å². The van der Waals surface area contributed by atoms with Crippen molar-refractivity contribution in [3.8, 4) is 0 Å². The second-order valence-electron chi connectivity index (χ2n) is 5.06. The maximum Gasteiger partial charge on any atom is 0.259 e. The fraction of sp³-hybridized carbons (Fsp3) is 0.0588. The Balaban J connectivity index is 1.73. The molecule has 0 bridgehead atoms. The predicted octanol–water partition coefficient (Wildman–Crippen LogP) is 3.03. The van der Waals surface area contributed by atoms with Gasteiger partial charge >= 0.3 is 0 Å². The molecular formula is C17H12F2N2O2. The quantitative estimate of drug-likeness (QED) is 0.946. The number of rotatable bonds is 3. The Labute approximate surface area is 131 Å². The molecule has 0 radical (unpaired) electrons. The molecule has 2 aromatic carbocycles. The van der Waals surface area contributed by atoms with Crippen LogP contribution in [0.2, 0.25) is 0 Å². The second kappa shape index (κ2) is 5.64. The lowest BCUT2D eigenvalue weighted by Crippen LogP contribution is -2.32. The van der Waals surface area contributed by atoms with Crippen LogP contribution in [0.3, 0.4) is 0 Å². The number of carbonyl (C=O) groups excluding carboxylic acids is 2. The summed E-state index contributed by atoms with van der Waals surface area (Å²) >= 11 is 0. The van der Waals surface area contributed by atoms with Crippen LogP contribution in [0.5, 0.6) is 0 Å². The SMILES string of the molecule is C=C1c2ccccc2C(=O)N1CC(=O)Nc1ccc(F)c(F)c1. The van der Waals surface area contributed by atoms with Gasteiger partial charge in [-0.15, -0.1) is 0 Å². The van der Waals surface area contributed by atoms with E-state index in [0.717, 1.165) is 12.1 Å². The minimum atomic E-state index is -1.06. The van der Waals surface area contributed by atoms with Gasteiger partial charge in [0.15, 0.2) is 11.6 Å². The number of benzene rings is 2. The summed E-state index contributed by atoms with van der Waals surface area (Å²) in [4.78, 5) is 25.6. The van der Waals surface area contributed by atoms with Gasteiger partial charge in [0.2, 0.25) is 5.91 Å². The van der Waals surface area contributed by atoms with Crippen LogP contribution in [0, 0.1) is 11.6 Å². The summed E-state index contributed by atoms with van der Waals surface area (Å²) in [5.74, 6) is -2.90. The number of hydrogen-bond acceptors (Lipinski definition) is 2. The van der Waals surface area contributed by atoms with Gasteiger partial charge in [0.05, 0.1) is 0 Å². The first-order valence-electron chi connectivity index (χ1n) is 6.82. The zero-order chi connectivity index (χ0) is 16.6. The molecule has 6 heteroatoms. The van der Waals surface area contributed by atoms with Crippen LogP contribution >= 0.6 is 0 Å². The second-order valence-corrected chi connectivity index (χ2v) is 5.06. The molecule has 1 N–H and O–H groups in total. The lowest BCUT2D eigenvalue weighted by Gasteiger charge is -2.17. The molecular weight excluding hydrogens is 302 g/mol. The Morgan fingerprint density at radius 1 is 1.09 bits per heavy atom. The van der Waals surface area contributed by atoms with Crippen molar-refractivity contribution in [3.05, 3.63) is 71.8 Å². The van der Waals surface area contributed by atoms with E-state index in [9.17, 15) is 18.4 Å². The van der Waals surface area contributed by atoms with Crippen LogP contribution in [0.4, 0.5) is 14.5 Å². The fourth-order valence-electron chi connectivity index (χ4n) is 2.42. The number of nitrogens with zero attached hydrogens (tertiary/aromatic N) is 1. The molecule has 0 fully saturated rings. The van der Waals surface area contributed by atoms with Crippen molar-refractivity contribution in [3.63, 3.8) is 0 Å². The van der Waals surface area contributed by atoms with E-state index in [1.54, 1.807) is 24.3 Å². The van der Waals surface area contributed by atoms with Crippen LogP contribution in [-0.4, -0.2) is 23.3 Å². The number of carbonyl (C=O) groups is 2. The highest BCUT2D eigenvalue weighted by molar-refractivity contribution is 6.11. The maximum atomic E-state index is 13.1. The lowest BCUT2D eigenvalue weighted by molar-refractivity contribution is -0.116. The standard InChI is InChI=1S/C17H12F2N2O2/c1-10-12-4-2-3-5-13(12)17(23)21(10)9-16(22)20-11-6-7-14(18)15(19)8-11/h2-8H,1,9H2,(H,20,22). The molecule has 0 aliphatic carbocycles. The molecule has 2 aromatic rings. The predicted molar refractivity (Wildman–Crippen MR) is 81.5 cm³/mol. The maximum absolute atomic E-state index is 13.1. The van der Waals surface area contributed by atoms with Crippen molar-refractivity contribution in [2.75, 3.05) is 11.9 Å². The van der Waals surface area contributed by atoms with Gasteiger partial charge in [-0.05, 0) is 18.2 Å². The Hall–Kier alpha value is -3.02. The van der Waals surface area contributed by atoms with Crippen LogP contribution in [0.1, 0.15) is 15.9 Å². The van der Waals surface area contributed by atoms with E-state index in [1.807, 2.05) is 0 Å². The smallest absolute Gasteiger partial charge is 0.259 e. The van der Waals surface area contributed by atoms with Crippen LogP contribution < -0.4 is 5.32 Å². The summed E-state index contributed by atoms with van der Waals surface area (Å²) in [6.07, 6.45) is 0. The third kappa shape index (κ3) is 2.70. The van der Waals surface area contributed by atoms with Gasteiger partial charge in [-0.2, -0.15) is 0 Å². The van der Waals surface area contributed by atoms with Crippen molar-refractivity contribution in [1.82, 2.24) is 4.90 Å². The van der Waals surface area contributed by atoms with Crippen molar-refractivity contribution in [2.45, 2.75) is 0 Å². The highest BCUT2D eigenvalue weighted by Crippen LogP contribution is 2.30. The average molecular weight is 314 g/mol. The molecule has 1 heterocycles. The van der Waals surface area contributed by atoms with Crippen molar-refractivity contribution in [1.29, 1.82) is 0 Å². The normalized spacial score (nSPS) is 13.2. The lowest BCUT2D eigenvalue weighted by atomic mass is 10.1. The van der Waals surface area contributed by atoms with Crippen molar-refractivity contribution in [2.24, 2.45) is 0 Å². The topological polar surface area (TPSA) is 49.4 Å². The van der Waals surface area contributed by atoms with Crippen LogP contribution in [0.15, 0.2) is 49.0 Å². The molecule has 0 unspecified atom stereocenters. The molecule has 1 aliphatic rings. The van der Waals surface area contributed by atoms with Gasteiger partial charge in [-0.3, -0.25) is 14.5 Å². The molecule has 116 valence electrons. The summed E-state index contributed by atoms with van der Waals surface area (Å²) in [6, 6.07) is 9.96. The fourth-order valence-corrected chi connectivity index (χ4v) is 2.42. The van der Waals surface area contributed by atoms with Gasteiger partial charge < -0.3 is 5.32 Å². The molecule has 1 aliphatic heterocycles. The number of anilines is 1. The third-order valence-electron chi connectivity index (χ3n) is 3.54. The summed E-state index contributed by atoms with van der Waals surface area (Å²) < 4.78 is 26.0. The number of fused-ring (bicyclic) bond motifs is 1. The van der Waals surface area contributed by atoms with E-state index < -0.39 is 17.5 Å². The van der Waals surface area contributed by atoms with Gasteiger partial charge in [-0.1, -0.05) is 24.8 Å². The minimum Gasteiger partial charge on any atom is -0.324 e. The number of nitrogens with one attached hydrogen (secondary N) is 1. The van der Waals surface area contributed by atoms with E-state index in [0.29, 0.717) is 16.8 Å². The Morgan fingerprint density at radius 3 is 2.43 bits per heavy atom. The van der Waals surface area contributed by atoms with E-state index in [2.05, 4.69) is 11.9 Å². The van der Waals surface area contributed by atoms with E-state index in [1.165, 1.54) is 11.0 Å². The first-order chi connectivity index (χ1) is 11.0. The first-order valence-corrected chi connectivity index (χ1v) is 6.82. The first kappa shape index (κ1) is 14.9. The summed E-state index contributed by atoms with van der Waals surface area (Å²) in [5.41, 5.74) is 1.71. The zero-order valence-electron chi connectivity index (χ0n) is 12.0. The van der Waals surface area contributed by atoms with Crippen LogP contribution in [0.25, 0.3) is 5.70 Å². The summed E-state index contributed by atoms with van der Waals surface area (Å²) in [7, 11) is 0. The Morgan fingerprint density at radius 2 is 1.78 bits per heavy atom. The monoisotopic (exact) mass is 314 g/mol. The molecule has 0 saturated heterocycles. The molecule has 23 heavy (non-hydrogen) atoms. The van der Waals surface area contributed by atoms with Crippen molar-refractivity contribution >= 4 is 23.2 Å². The number of halogens is 2. The summed E-state index contributed by atoms with van der Waals surface area (Å²) in [5, 5.41) is 2.42. The average Bonchev–Trinajstić information content (AvgIpc) is 2.76. The molecule has 2 amide bonds. The highest BCUT2D eigenvalue weighted by atomic mass is 19.2. The molecule has 0 saturated carbocycles. The molecule has 0 spiro atoms. The summed E-state index contributed by atoms with van der Waals surface area (Å²) in [6.45, 7) is 3.57. The largest absolute Gasteiger partial charge is 0.324 e. The Kier molecular flexibility index (Phi) is 3.65. The Bertz CT molecular complexity index is 798. The molecule has 0 aromatic heterocycles. The highest BCUT2D eigenvalue weighted by Gasteiger charge is 2.31. The van der Waals surface area contributed by atoms with E-state index in [-0.39, 0.29) is 18.1 Å². The van der Waals surface area contributed by atoms with Crippen molar-refractivity contribution < 1.29 is 18.4 Å². The van der Waals surface area contributed by atoms with Gasteiger partial charge in [0.25, 0.3) is 5.91 Å². The molecule has 4 nitrogen and oxygen atoms in total. The third-order valence-corrected chi connectivity index (χ3v) is 3.54. The molecule has 0 atom stereocenters. The van der Waals surface area contributed by atoms with Gasteiger partial charge in [-0.25, -0.2) is 8.78 Å². The number of amides is 2. The minimum absolute atomic E-state index is 0.115. The zero-order valence-corrected chi connectivity index (χ0v) is 12.0.